The van der Waals surface area contributed by atoms with Crippen molar-refractivity contribution >= 4 is 17.7 Å². The van der Waals surface area contributed by atoms with Gasteiger partial charge in [-0.25, -0.2) is 0 Å². The Labute approximate surface area is 126 Å². The molecule has 0 aromatic heterocycles. The molecule has 20 heavy (non-hydrogen) atoms. The molecule has 4 heteroatoms. The SMILES string of the molecule is CNC(CSCC(=O)OC(C)(C)C)c1cccc(C)c1. The molecule has 1 rings (SSSR count). The Morgan fingerprint density at radius 3 is 2.65 bits per heavy atom. The number of nitrogens with one attached hydrogen (secondary N) is 1. The van der Waals surface area contributed by atoms with E-state index in [0.717, 1.165) is 5.75 Å². The van der Waals surface area contributed by atoms with Crippen molar-refractivity contribution in [1.29, 1.82) is 0 Å². The second kappa shape index (κ2) is 7.70. The maximum atomic E-state index is 11.7. The van der Waals surface area contributed by atoms with E-state index in [-0.39, 0.29) is 12.0 Å². The van der Waals surface area contributed by atoms with Crippen LogP contribution in [0, 0.1) is 6.92 Å². The number of aryl methyl sites for hydroxylation is 1. The molecule has 1 atom stereocenters. The first-order chi connectivity index (χ1) is 9.31. The van der Waals surface area contributed by atoms with Crippen LogP contribution in [0.1, 0.15) is 37.9 Å². The molecule has 1 aromatic carbocycles. The highest BCUT2D eigenvalue weighted by Crippen LogP contribution is 2.20. The first kappa shape index (κ1) is 17.1. The highest BCUT2D eigenvalue weighted by Gasteiger charge is 2.17. The standard InChI is InChI=1S/C16H25NO2S/c1-12-7-6-8-13(9-12)14(17-5)10-20-11-15(18)19-16(2,3)4/h6-9,14,17H,10-11H2,1-5H3. The van der Waals surface area contributed by atoms with Crippen molar-refractivity contribution in [3.8, 4) is 0 Å². The van der Waals surface area contributed by atoms with E-state index >= 15 is 0 Å². The molecule has 0 saturated heterocycles. The van der Waals surface area contributed by atoms with Crippen molar-refractivity contribution in [3.63, 3.8) is 0 Å². The van der Waals surface area contributed by atoms with Crippen molar-refractivity contribution in [2.75, 3.05) is 18.6 Å². The molecule has 1 N–H and O–H groups in total. The maximum Gasteiger partial charge on any atom is 0.316 e. The van der Waals surface area contributed by atoms with Crippen molar-refractivity contribution < 1.29 is 9.53 Å². The number of carbonyl (C=O) groups excluding carboxylic acids is 1. The summed E-state index contributed by atoms with van der Waals surface area (Å²) in [6, 6.07) is 8.69. The molecule has 0 bridgehead atoms. The van der Waals surface area contributed by atoms with Gasteiger partial charge in [-0.05, 0) is 40.3 Å². The summed E-state index contributed by atoms with van der Waals surface area (Å²) in [4.78, 5) is 11.7. The number of esters is 1. The van der Waals surface area contributed by atoms with E-state index in [1.54, 1.807) is 11.8 Å². The fourth-order valence-corrected chi connectivity index (χ4v) is 2.80. The molecule has 0 aliphatic heterocycles. The predicted octanol–water partition coefficient (Wildman–Crippen LogP) is 3.33. The number of carbonyl (C=O) groups is 1. The second-order valence-corrected chi connectivity index (χ2v) is 6.89. The van der Waals surface area contributed by atoms with Gasteiger partial charge in [0.15, 0.2) is 0 Å². The van der Waals surface area contributed by atoms with Crippen LogP contribution in [0.5, 0.6) is 0 Å². The number of thioether (sulfide) groups is 1. The Morgan fingerprint density at radius 2 is 2.10 bits per heavy atom. The molecule has 0 aliphatic carbocycles. The number of ether oxygens (including phenoxy) is 1. The number of benzene rings is 1. The third kappa shape index (κ3) is 6.44. The van der Waals surface area contributed by atoms with Gasteiger partial charge in [0.1, 0.15) is 5.60 Å². The van der Waals surface area contributed by atoms with Crippen LogP contribution < -0.4 is 5.32 Å². The van der Waals surface area contributed by atoms with Crippen LogP contribution in [0.3, 0.4) is 0 Å². The zero-order valence-electron chi connectivity index (χ0n) is 13.0. The molecular weight excluding hydrogens is 270 g/mol. The summed E-state index contributed by atoms with van der Waals surface area (Å²) in [5.74, 6) is 1.09. The molecule has 1 unspecified atom stereocenters. The highest BCUT2D eigenvalue weighted by atomic mass is 32.2. The second-order valence-electron chi connectivity index (χ2n) is 5.86. The highest BCUT2D eigenvalue weighted by molar-refractivity contribution is 7.99. The zero-order chi connectivity index (χ0) is 15.2. The van der Waals surface area contributed by atoms with E-state index in [9.17, 15) is 4.79 Å². The molecule has 0 spiro atoms. The Kier molecular flexibility index (Phi) is 6.56. The topological polar surface area (TPSA) is 38.3 Å². The van der Waals surface area contributed by atoms with E-state index in [2.05, 4.69) is 36.5 Å². The van der Waals surface area contributed by atoms with Gasteiger partial charge in [0, 0.05) is 11.8 Å². The summed E-state index contributed by atoms with van der Waals surface area (Å²) < 4.78 is 5.30. The number of hydrogen-bond donors (Lipinski definition) is 1. The lowest BCUT2D eigenvalue weighted by atomic mass is 10.1. The zero-order valence-corrected chi connectivity index (χ0v) is 13.8. The van der Waals surface area contributed by atoms with Crippen LogP contribution in [0.4, 0.5) is 0 Å². The molecule has 3 nitrogen and oxygen atoms in total. The van der Waals surface area contributed by atoms with Crippen molar-refractivity contribution in [3.05, 3.63) is 35.4 Å². The van der Waals surface area contributed by atoms with Gasteiger partial charge in [-0.3, -0.25) is 4.79 Å². The lowest BCUT2D eigenvalue weighted by molar-refractivity contribution is -0.151. The molecule has 0 aliphatic rings. The summed E-state index contributed by atoms with van der Waals surface area (Å²) in [7, 11) is 1.95. The monoisotopic (exact) mass is 295 g/mol. The quantitative estimate of drug-likeness (QED) is 0.817. The Morgan fingerprint density at radius 1 is 1.40 bits per heavy atom. The Bertz CT molecular complexity index is 440. The third-order valence-corrected chi connectivity index (χ3v) is 3.73. The summed E-state index contributed by atoms with van der Waals surface area (Å²) in [5.41, 5.74) is 2.10. The summed E-state index contributed by atoms with van der Waals surface area (Å²) in [6.45, 7) is 7.75. The number of hydrogen-bond acceptors (Lipinski definition) is 4. The Balaban J connectivity index is 2.45. The molecule has 112 valence electrons. The van der Waals surface area contributed by atoms with Crippen LogP contribution in [-0.4, -0.2) is 30.1 Å². The first-order valence-electron chi connectivity index (χ1n) is 6.85. The fourth-order valence-electron chi connectivity index (χ4n) is 1.86. The summed E-state index contributed by atoms with van der Waals surface area (Å²) in [6.07, 6.45) is 0. The maximum absolute atomic E-state index is 11.7. The normalized spacial score (nSPS) is 13.1. The molecule has 0 amide bonds. The van der Waals surface area contributed by atoms with Crippen LogP contribution in [0.25, 0.3) is 0 Å². The minimum absolute atomic E-state index is 0.151. The van der Waals surface area contributed by atoms with Crippen molar-refractivity contribution in [2.45, 2.75) is 39.3 Å². The van der Waals surface area contributed by atoms with Gasteiger partial charge in [-0.1, -0.05) is 29.8 Å². The predicted molar refractivity (Wildman–Crippen MR) is 86.1 cm³/mol. The Hall–Kier alpha value is -1.00. The van der Waals surface area contributed by atoms with Gasteiger partial charge < -0.3 is 10.1 Å². The van der Waals surface area contributed by atoms with E-state index < -0.39 is 5.60 Å². The lowest BCUT2D eigenvalue weighted by Gasteiger charge is -2.20. The summed E-state index contributed by atoms with van der Waals surface area (Å²) >= 11 is 1.60. The van der Waals surface area contributed by atoms with Crippen LogP contribution in [-0.2, 0) is 9.53 Å². The molecule has 1 aromatic rings. The van der Waals surface area contributed by atoms with Crippen molar-refractivity contribution in [1.82, 2.24) is 5.32 Å². The van der Waals surface area contributed by atoms with Crippen LogP contribution in [0.15, 0.2) is 24.3 Å². The smallest absolute Gasteiger partial charge is 0.316 e. The minimum atomic E-state index is -0.406. The van der Waals surface area contributed by atoms with E-state index in [4.69, 9.17) is 4.74 Å². The van der Waals surface area contributed by atoms with Crippen LogP contribution in [0.2, 0.25) is 0 Å². The van der Waals surface area contributed by atoms with Gasteiger partial charge in [-0.15, -0.1) is 11.8 Å². The third-order valence-electron chi connectivity index (χ3n) is 2.72. The van der Waals surface area contributed by atoms with Gasteiger partial charge >= 0.3 is 5.97 Å². The van der Waals surface area contributed by atoms with Gasteiger partial charge in [0.05, 0.1) is 5.75 Å². The minimum Gasteiger partial charge on any atom is -0.459 e. The average molecular weight is 295 g/mol. The molecule has 0 fully saturated rings. The largest absolute Gasteiger partial charge is 0.459 e. The molecular formula is C16H25NO2S. The van der Waals surface area contributed by atoms with Gasteiger partial charge in [0.25, 0.3) is 0 Å². The van der Waals surface area contributed by atoms with Crippen molar-refractivity contribution in [2.24, 2.45) is 0 Å². The van der Waals surface area contributed by atoms with E-state index in [0.29, 0.717) is 5.75 Å². The molecule has 0 saturated carbocycles. The molecule has 0 heterocycles. The van der Waals surface area contributed by atoms with Crippen LogP contribution >= 0.6 is 11.8 Å². The fraction of sp³-hybridized carbons (Fsp3) is 0.562. The lowest BCUT2D eigenvalue weighted by Crippen LogP contribution is -2.25. The van der Waals surface area contributed by atoms with E-state index in [1.165, 1.54) is 11.1 Å². The van der Waals surface area contributed by atoms with E-state index in [1.807, 2.05) is 27.8 Å². The number of rotatable bonds is 6. The average Bonchev–Trinajstić information content (AvgIpc) is 2.32. The van der Waals surface area contributed by atoms with Gasteiger partial charge in [-0.2, -0.15) is 0 Å². The van der Waals surface area contributed by atoms with Gasteiger partial charge in [0.2, 0.25) is 0 Å². The first-order valence-corrected chi connectivity index (χ1v) is 8.00. The summed E-state index contributed by atoms with van der Waals surface area (Å²) in [5, 5.41) is 3.29. The molecule has 0 radical (unpaired) electrons.